The second kappa shape index (κ2) is 7.67. The number of halogens is 1. The fraction of sp³-hybridized carbons (Fsp3) is 0.0455. The van der Waals surface area contributed by atoms with Gasteiger partial charge in [-0.1, -0.05) is 36.0 Å². The maximum absolute atomic E-state index is 13.2. The third-order valence-electron chi connectivity index (χ3n) is 4.28. The summed E-state index contributed by atoms with van der Waals surface area (Å²) < 4.78 is 14.7. The van der Waals surface area contributed by atoms with Gasteiger partial charge in [0.25, 0.3) is 5.56 Å². The lowest BCUT2D eigenvalue weighted by molar-refractivity contribution is 0.627. The predicted octanol–water partition coefficient (Wildman–Crippen LogP) is 4.69. The van der Waals surface area contributed by atoms with Gasteiger partial charge in [-0.25, -0.2) is 9.37 Å². The van der Waals surface area contributed by atoms with Crippen molar-refractivity contribution in [3.8, 4) is 11.8 Å². The molecule has 1 aromatic heterocycles. The van der Waals surface area contributed by atoms with Crippen LogP contribution < -0.4 is 5.56 Å². The number of fused-ring (bicyclic) bond motifs is 1. The van der Waals surface area contributed by atoms with Crippen LogP contribution in [0.1, 0.15) is 11.1 Å². The Balaban J connectivity index is 1.81. The number of thioether (sulfide) groups is 1. The average Bonchev–Trinajstić information content (AvgIpc) is 2.74. The fourth-order valence-corrected chi connectivity index (χ4v) is 3.82. The van der Waals surface area contributed by atoms with Crippen LogP contribution in [0.5, 0.6) is 0 Å². The molecular weight excluding hydrogens is 373 g/mol. The number of aromatic nitrogens is 2. The van der Waals surface area contributed by atoms with Crippen molar-refractivity contribution in [3.05, 3.63) is 100 Å². The number of hydrogen-bond acceptors (Lipinski definition) is 4. The summed E-state index contributed by atoms with van der Waals surface area (Å²) in [5.74, 6) is 0.258. The minimum Gasteiger partial charge on any atom is -0.268 e. The van der Waals surface area contributed by atoms with Gasteiger partial charge in [-0.05, 0) is 54.1 Å². The third-order valence-corrected chi connectivity index (χ3v) is 5.29. The summed E-state index contributed by atoms with van der Waals surface area (Å²) in [7, 11) is 0. The van der Waals surface area contributed by atoms with Crippen LogP contribution in [-0.4, -0.2) is 9.55 Å². The van der Waals surface area contributed by atoms with Crippen molar-refractivity contribution in [2.75, 3.05) is 0 Å². The van der Waals surface area contributed by atoms with E-state index in [-0.39, 0.29) is 11.4 Å². The predicted molar refractivity (Wildman–Crippen MR) is 108 cm³/mol. The number of rotatable bonds is 4. The number of benzene rings is 3. The molecule has 1 heterocycles. The molecule has 0 aliphatic heterocycles. The van der Waals surface area contributed by atoms with Crippen molar-refractivity contribution < 1.29 is 4.39 Å². The summed E-state index contributed by atoms with van der Waals surface area (Å²) in [6.45, 7) is 0. The first-order valence-electron chi connectivity index (χ1n) is 8.55. The molecule has 0 aliphatic carbocycles. The number of nitrogens with zero attached hydrogens (tertiary/aromatic N) is 3. The highest BCUT2D eigenvalue weighted by atomic mass is 32.2. The second-order valence-electron chi connectivity index (χ2n) is 6.13. The molecule has 0 saturated carbocycles. The first-order valence-corrected chi connectivity index (χ1v) is 9.54. The van der Waals surface area contributed by atoms with Crippen LogP contribution in [0.3, 0.4) is 0 Å². The van der Waals surface area contributed by atoms with Gasteiger partial charge < -0.3 is 0 Å². The summed E-state index contributed by atoms with van der Waals surface area (Å²) in [4.78, 5) is 17.8. The van der Waals surface area contributed by atoms with Crippen LogP contribution >= 0.6 is 11.8 Å². The van der Waals surface area contributed by atoms with Gasteiger partial charge in [0, 0.05) is 5.75 Å². The van der Waals surface area contributed by atoms with E-state index in [0.717, 1.165) is 5.56 Å². The normalized spacial score (nSPS) is 10.7. The van der Waals surface area contributed by atoms with Crippen LogP contribution in [-0.2, 0) is 5.75 Å². The van der Waals surface area contributed by atoms with Crippen molar-refractivity contribution in [2.45, 2.75) is 10.9 Å². The maximum atomic E-state index is 13.2. The summed E-state index contributed by atoms with van der Waals surface area (Å²) in [5, 5.41) is 10.1. The smallest absolute Gasteiger partial charge is 0.266 e. The zero-order chi connectivity index (χ0) is 19.5. The van der Waals surface area contributed by atoms with Crippen LogP contribution in [0.25, 0.3) is 16.6 Å². The van der Waals surface area contributed by atoms with E-state index in [1.54, 1.807) is 53.1 Å². The molecule has 0 bridgehead atoms. The van der Waals surface area contributed by atoms with Gasteiger partial charge in [0.2, 0.25) is 0 Å². The molecule has 6 heteroatoms. The first kappa shape index (κ1) is 18.0. The molecule has 0 atom stereocenters. The van der Waals surface area contributed by atoms with Crippen LogP contribution in [0, 0.1) is 17.1 Å². The van der Waals surface area contributed by atoms with Crippen molar-refractivity contribution in [2.24, 2.45) is 0 Å². The molecule has 0 radical (unpaired) electrons. The largest absolute Gasteiger partial charge is 0.268 e. The zero-order valence-corrected chi connectivity index (χ0v) is 15.5. The van der Waals surface area contributed by atoms with Gasteiger partial charge in [0.05, 0.1) is 28.2 Å². The molecule has 4 rings (SSSR count). The Morgan fingerprint density at radius 3 is 2.43 bits per heavy atom. The summed E-state index contributed by atoms with van der Waals surface area (Å²) in [6, 6.07) is 22.4. The lowest BCUT2D eigenvalue weighted by atomic mass is 10.2. The molecule has 4 aromatic rings. The molecule has 4 nitrogen and oxygen atoms in total. The Morgan fingerprint density at radius 2 is 1.71 bits per heavy atom. The van der Waals surface area contributed by atoms with Gasteiger partial charge in [-0.2, -0.15) is 5.26 Å². The monoisotopic (exact) mass is 387 g/mol. The van der Waals surface area contributed by atoms with E-state index in [1.165, 1.54) is 23.9 Å². The van der Waals surface area contributed by atoms with E-state index in [2.05, 4.69) is 11.1 Å². The molecule has 0 fully saturated rings. The minimum atomic E-state index is -0.285. The lowest BCUT2D eigenvalue weighted by Crippen LogP contribution is -2.21. The maximum Gasteiger partial charge on any atom is 0.266 e. The first-order chi connectivity index (χ1) is 13.7. The second-order valence-corrected chi connectivity index (χ2v) is 7.07. The SMILES string of the molecule is N#Cc1ccc(-n2c(SCc3ccc(F)cc3)nc3ccccc3c2=O)cc1. The fourth-order valence-electron chi connectivity index (χ4n) is 2.85. The molecule has 0 saturated heterocycles. The van der Waals surface area contributed by atoms with Gasteiger partial charge in [-0.3, -0.25) is 9.36 Å². The lowest BCUT2D eigenvalue weighted by Gasteiger charge is -2.13. The standard InChI is InChI=1S/C22H14FN3OS/c23-17-9-5-16(6-10-17)14-28-22-25-20-4-2-1-3-19(20)21(27)26(22)18-11-7-15(13-24)8-12-18/h1-12H,14H2. The number of hydrogen-bond donors (Lipinski definition) is 0. The highest BCUT2D eigenvalue weighted by Crippen LogP contribution is 2.25. The quantitative estimate of drug-likeness (QED) is 0.377. The highest BCUT2D eigenvalue weighted by Gasteiger charge is 2.13. The molecular formula is C22H14FN3OS. The topological polar surface area (TPSA) is 58.7 Å². The molecule has 0 spiro atoms. The van der Waals surface area contributed by atoms with E-state index in [4.69, 9.17) is 5.26 Å². The van der Waals surface area contributed by atoms with Crippen molar-refractivity contribution in [3.63, 3.8) is 0 Å². The third kappa shape index (κ3) is 3.53. The van der Waals surface area contributed by atoms with Gasteiger partial charge in [0.1, 0.15) is 5.82 Å². The zero-order valence-electron chi connectivity index (χ0n) is 14.7. The van der Waals surface area contributed by atoms with E-state index >= 15 is 0 Å². The van der Waals surface area contributed by atoms with Gasteiger partial charge in [0.15, 0.2) is 5.16 Å². The van der Waals surface area contributed by atoms with E-state index in [0.29, 0.717) is 33.1 Å². The van der Waals surface area contributed by atoms with E-state index < -0.39 is 0 Å². The van der Waals surface area contributed by atoms with Crippen molar-refractivity contribution in [1.82, 2.24) is 9.55 Å². The molecule has 0 N–H and O–H groups in total. The van der Waals surface area contributed by atoms with E-state index in [1.807, 2.05) is 12.1 Å². The summed E-state index contributed by atoms with van der Waals surface area (Å²) in [5.41, 5.74) is 2.55. The number of nitriles is 1. The Kier molecular flexibility index (Phi) is 4.92. The Hall–Kier alpha value is -3.43. The van der Waals surface area contributed by atoms with Crippen molar-refractivity contribution >= 4 is 22.7 Å². The molecule has 136 valence electrons. The van der Waals surface area contributed by atoms with Crippen LogP contribution in [0.4, 0.5) is 4.39 Å². The summed E-state index contributed by atoms with van der Waals surface area (Å²) >= 11 is 1.40. The Morgan fingerprint density at radius 1 is 1.00 bits per heavy atom. The Labute approximate surface area is 164 Å². The summed E-state index contributed by atoms with van der Waals surface area (Å²) in [6.07, 6.45) is 0. The van der Waals surface area contributed by atoms with Gasteiger partial charge in [-0.15, -0.1) is 0 Å². The van der Waals surface area contributed by atoms with Crippen LogP contribution in [0.2, 0.25) is 0 Å². The van der Waals surface area contributed by atoms with Gasteiger partial charge >= 0.3 is 0 Å². The number of para-hydroxylation sites is 1. The molecule has 28 heavy (non-hydrogen) atoms. The van der Waals surface area contributed by atoms with Crippen LogP contribution in [0.15, 0.2) is 82.7 Å². The molecule has 0 aliphatic rings. The average molecular weight is 387 g/mol. The van der Waals surface area contributed by atoms with Crippen molar-refractivity contribution in [1.29, 1.82) is 5.26 Å². The molecule has 3 aromatic carbocycles. The molecule has 0 amide bonds. The molecule has 0 unspecified atom stereocenters. The minimum absolute atomic E-state index is 0.170. The Bertz CT molecular complexity index is 1240. The van der Waals surface area contributed by atoms with E-state index in [9.17, 15) is 9.18 Å². The highest BCUT2D eigenvalue weighted by molar-refractivity contribution is 7.98.